The number of unbranched alkanes of at least 4 members (excludes halogenated alkanes) is 2. The van der Waals surface area contributed by atoms with Crippen molar-refractivity contribution in [2.24, 2.45) is 11.8 Å². The summed E-state index contributed by atoms with van der Waals surface area (Å²) in [6.07, 6.45) is 19.7. The van der Waals surface area contributed by atoms with Gasteiger partial charge in [-0.05, 0) is 74.5 Å². The summed E-state index contributed by atoms with van der Waals surface area (Å²) in [5, 5.41) is 0. The highest BCUT2D eigenvalue weighted by Crippen LogP contribution is 2.32. The van der Waals surface area contributed by atoms with Gasteiger partial charge in [-0.15, -0.1) is 0 Å². The van der Waals surface area contributed by atoms with Crippen LogP contribution in [0.25, 0.3) is 0 Å². The molecule has 0 N–H and O–H groups in total. The highest BCUT2D eigenvalue weighted by atomic mass is 16.5. The molecule has 2 rings (SSSR count). The smallest absolute Gasteiger partial charge is 0.119 e. The van der Waals surface area contributed by atoms with Crippen LogP contribution in [0.4, 0.5) is 0 Å². The molecule has 1 aromatic rings. The summed E-state index contributed by atoms with van der Waals surface area (Å²) in [6.45, 7) is 5.25. The minimum absolute atomic E-state index is 0.808. The Morgan fingerprint density at radius 3 is 2.40 bits per heavy atom. The summed E-state index contributed by atoms with van der Waals surface area (Å²) in [6, 6.07) is 8.63. The van der Waals surface area contributed by atoms with E-state index in [1.54, 1.807) is 0 Å². The van der Waals surface area contributed by atoms with E-state index < -0.39 is 0 Å². The fraction of sp³-hybridized carbons (Fsp3) is 0.667. The van der Waals surface area contributed by atoms with Gasteiger partial charge in [-0.2, -0.15) is 0 Å². The molecule has 1 saturated carbocycles. The second-order valence-corrected chi connectivity index (χ2v) is 7.74. The number of allylic oxidation sites excluding steroid dienone is 2. The Labute approximate surface area is 155 Å². The molecule has 0 spiro atoms. The first-order valence-electron chi connectivity index (χ1n) is 10.7. The largest absolute Gasteiger partial charge is 0.494 e. The van der Waals surface area contributed by atoms with Gasteiger partial charge >= 0.3 is 0 Å². The molecule has 0 amide bonds. The van der Waals surface area contributed by atoms with Crippen molar-refractivity contribution in [3.63, 3.8) is 0 Å². The fourth-order valence-corrected chi connectivity index (χ4v) is 3.86. The van der Waals surface area contributed by atoms with Gasteiger partial charge < -0.3 is 4.74 Å². The average molecular weight is 343 g/mol. The van der Waals surface area contributed by atoms with Gasteiger partial charge in [-0.25, -0.2) is 0 Å². The van der Waals surface area contributed by atoms with E-state index in [0.29, 0.717) is 0 Å². The van der Waals surface area contributed by atoms with Crippen LogP contribution >= 0.6 is 0 Å². The average Bonchev–Trinajstić information content (AvgIpc) is 2.66. The molecule has 1 nitrogen and oxygen atoms in total. The number of ether oxygens (including phenoxy) is 1. The normalized spacial score (nSPS) is 20.9. The second-order valence-electron chi connectivity index (χ2n) is 7.74. The topological polar surface area (TPSA) is 9.23 Å². The molecule has 0 radical (unpaired) electrons. The predicted molar refractivity (Wildman–Crippen MR) is 109 cm³/mol. The van der Waals surface area contributed by atoms with Gasteiger partial charge in [0.05, 0.1) is 6.61 Å². The molecule has 1 aliphatic rings. The van der Waals surface area contributed by atoms with Crippen molar-refractivity contribution < 1.29 is 4.74 Å². The van der Waals surface area contributed by atoms with Crippen molar-refractivity contribution in [1.29, 1.82) is 0 Å². The summed E-state index contributed by atoms with van der Waals surface area (Å²) in [4.78, 5) is 0. The zero-order valence-electron chi connectivity index (χ0n) is 16.5. The van der Waals surface area contributed by atoms with E-state index in [0.717, 1.165) is 43.5 Å². The number of hydrogen-bond acceptors (Lipinski definition) is 1. The maximum Gasteiger partial charge on any atom is 0.119 e. The molecular formula is C24H38O. The van der Waals surface area contributed by atoms with E-state index in [-0.39, 0.29) is 0 Å². The molecule has 1 aromatic carbocycles. The molecule has 0 unspecified atom stereocenters. The molecule has 0 atom stereocenters. The van der Waals surface area contributed by atoms with Gasteiger partial charge in [0, 0.05) is 0 Å². The van der Waals surface area contributed by atoms with Crippen LogP contribution in [-0.2, 0) is 6.42 Å². The molecule has 1 fully saturated rings. The lowest BCUT2D eigenvalue weighted by Gasteiger charge is -2.26. The standard InChI is InChI=1S/C24H38O/c1-3-5-6-9-21-12-14-22(15-13-21)10-7-8-11-23-16-18-24(19-17-23)25-20-4-2/h7,10,16-19,21-22H,3-6,8-9,11-15,20H2,1-2H3/b10-7+/t21-,22-. The quantitative estimate of drug-likeness (QED) is 0.302. The lowest BCUT2D eigenvalue weighted by atomic mass is 9.79. The lowest BCUT2D eigenvalue weighted by molar-refractivity contribution is 0.289. The van der Waals surface area contributed by atoms with Crippen molar-refractivity contribution in [2.75, 3.05) is 6.61 Å². The first-order chi connectivity index (χ1) is 12.3. The zero-order valence-corrected chi connectivity index (χ0v) is 16.5. The Morgan fingerprint density at radius 1 is 0.960 bits per heavy atom. The van der Waals surface area contributed by atoms with E-state index >= 15 is 0 Å². The number of rotatable bonds is 11. The molecule has 1 heteroatoms. The van der Waals surface area contributed by atoms with Crippen molar-refractivity contribution in [3.05, 3.63) is 42.0 Å². The number of benzene rings is 1. The zero-order chi connectivity index (χ0) is 17.7. The van der Waals surface area contributed by atoms with Crippen molar-refractivity contribution in [1.82, 2.24) is 0 Å². The van der Waals surface area contributed by atoms with E-state index in [4.69, 9.17) is 4.74 Å². The van der Waals surface area contributed by atoms with Gasteiger partial charge in [0.25, 0.3) is 0 Å². The Morgan fingerprint density at radius 2 is 1.72 bits per heavy atom. The molecule has 0 bridgehead atoms. The van der Waals surface area contributed by atoms with Crippen LogP contribution in [-0.4, -0.2) is 6.61 Å². The van der Waals surface area contributed by atoms with Gasteiger partial charge in [0.15, 0.2) is 0 Å². The molecule has 0 saturated heterocycles. The minimum atomic E-state index is 0.808. The molecule has 25 heavy (non-hydrogen) atoms. The molecule has 0 aliphatic heterocycles. The third-order valence-corrected chi connectivity index (χ3v) is 5.51. The highest BCUT2D eigenvalue weighted by Gasteiger charge is 2.18. The first-order valence-corrected chi connectivity index (χ1v) is 10.7. The maximum atomic E-state index is 5.64. The van der Waals surface area contributed by atoms with Crippen LogP contribution in [0.15, 0.2) is 36.4 Å². The van der Waals surface area contributed by atoms with Crippen LogP contribution in [0.2, 0.25) is 0 Å². The van der Waals surface area contributed by atoms with Crippen molar-refractivity contribution >= 4 is 0 Å². The van der Waals surface area contributed by atoms with Gasteiger partial charge in [-0.1, -0.05) is 63.8 Å². The first kappa shape index (κ1) is 20.1. The van der Waals surface area contributed by atoms with Crippen molar-refractivity contribution in [3.8, 4) is 5.75 Å². The predicted octanol–water partition coefficient (Wildman–Crippen LogP) is 7.35. The van der Waals surface area contributed by atoms with Crippen LogP contribution < -0.4 is 4.74 Å². The van der Waals surface area contributed by atoms with Crippen LogP contribution in [0.3, 0.4) is 0 Å². The van der Waals surface area contributed by atoms with E-state index in [1.807, 2.05) is 0 Å². The number of aryl methyl sites for hydroxylation is 1. The maximum absolute atomic E-state index is 5.64. The van der Waals surface area contributed by atoms with E-state index in [2.05, 4.69) is 50.3 Å². The van der Waals surface area contributed by atoms with Crippen LogP contribution in [0.1, 0.15) is 83.6 Å². The third-order valence-electron chi connectivity index (χ3n) is 5.51. The Bertz CT molecular complexity index is 465. The Hall–Kier alpha value is -1.24. The van der Waals surface area contributed by atoms with Crippen molar-refractivity contribution in [2.45, 2.75) is 84.5 Å². The third kappa shape index (κ3) is 8.12. The molecule has 0 aromatic heterocycles. The highest BCUT2D eigenvalue weighted by molar-refractivity contribution is 5.27. The van der Waals surface area contributed by atoms with E-state index in [9.17, 15) is 0 Å². The summed E-state index contributed by atoms with van der Waals surface area (Å²) < 4.78 is 5.64. The minimum Gasteiger partial charge on any atom is -0.494 e. The summed E-state index contributed by atoms with van der Waals surface area (Å²) >= 11 is 0. The fourth-order valence-electron chi connectivity index (χ4n) is 3.86. The van der Waals surface area contributed by atoms with Gasteiger partial charge in [0.1, 0.15) is 5.75 Å². The van der Waals surface area contributed by atoms with Crippen LogP contribution in [0.5, 0.6) is 5.75 Å². The second kappa shape index (κ2) is 12.2. The van der Waals surface area contributed by atoms with Crippen LogP contribution in [0, 0.1) is 11.8 Å². The van der Waals surface area contributed by atoms with E-state index in [1.165, 1.54) is 56.9 Å². The SMILES string of the molecule is CCCCC[C@H]1CC[C@H](/C=C/CCc2ccc(OCCC)cc2)CC1. The summed E-state index contributed by atoms with van der Waals surface area (Å²) in [5.41, 5.74) is 1.41. The summed E-state index contributed by atoms with van der Waals surface area (Å²) in [7, 11) is 0. The number of hydrogen-bond donors (Lipinski definition) is 0. The Balaban J connectivity index is 1.60. The van der Waals surface area contributed by atoms with Gasteiger partial charge in [-0.3, -0.25) is 0 Å². The summed E-state index contributed by atoms with van der Waals surface area (Å²) in [5.74, 6) is 2.86. The lowest BCUT2D eigenvalue weighted by Crippen LogP contribution is -2.13. The Kier molecular flexibility index (Phi) is 9.77. The molecule has 140 valence electrons. The van der Waals surface area contributed by atoms with Gasteiger partial charge in [0.2, 0.25) is 0 Å². The monoisotopic (exact) mass is 342 g/mol. The molecule has 0 heterocycles. The molecular weight excluding hydrogens is 304 g/mol. The molecule has 1 aliphatic carbocycles.